The maximum Gasteiger partial charge on any atom is 0.438 e. The Morgan fingerprint density at radius 3 is 2.41 bits per heavy atom. The molecule has 0 bridgehead atoms. The summed E-state index contributed by atoms with van der Waals surface area (Å²) < 4.78 is 6.39. The molecule has 1 aromatic carbocycles. The maximum atomic E-state index is 12.2. The zero-order chi connectivity index (χ0) is 26.6. The van der Waals surface area contributed by atoms with Crippen LogP contribution < -0.4 is 21.8 Å². The first-order valence-corrected chi connectivity index (χ1v) is 11.9. The fraction of sp³-hybridized carbons (Fsp3) is 0.478. The summed E-state index contributed by atoms with van der Waals surface area (Å²) in [6.07, 6.45) is 0.674. The quantitative estimate of drug-likeness (QED) is 0.210. The highest BCUT2D eigenvalue weighted by molar-refractivity contribution is 5.90. The van der Waals surface area contributed by atoms with E-state index in [0.29, 0.717) is 19.3 Å². The van der Waals surface area contributed by atoms with Crippen LogP contribution in [0.4, 0.5) is 16.4 Å². The predicted octanol–water partition coefficient (Wildman–Crippen LogP) is 0.838. The Balaban J connectivity index is 1.27. The van der Waals surface area contributed by atoms with Crippen LogP contribution in [0.1, 0.15) is 51.2 Å². The molecule has 14 nitrogen and oxygen atoms in total. The highest BCUT2D eigenvalue weighted by Crippen LogP contribution is 2.27. The topological polar surface area (TPSA) is 194 Å². The molecule has 3 unspecified atom stereocenters. The van der Waals surface area contributed by atoms with Gasteiger partial charge in [-0.25, -0.2) is 14.6 Å². The third kappa shape index (κ3) is 8.93. The summed E-state index contributed by atoms with van der Waals surface area (Å²) in [5, 5.41) is 23.8. The molecule has 2 aromatic rings. The number of nitrogens with zero attached hydrogens (tertiary/aromatic N) is 3. The van der Waals surface area contributed by atoms with Crippen LogP contribution in [-0.2, 0) is 19.2 Å². The summed E-state index contributed by atoms with van der Waals surface area (Å²) in [5.41, 5.74) is 1.95. The van der Waals surface area contributed by atoms with Gasteiger partial charge in [-0.15, -0.1) is 0 Å². The molecule has 0 saturated carbocycles. The van der Waals surface area contributed by atoms with Crippen molar-refractivity contribution in [3.63, 3.8) is 0 Å². The molecule has 1 saturated heterocycles. The number of hydroxylamine groups is 1. The number of anilines is 2. The minimum atomic E-state index is -1.09. The lowest BCUT2D eigenvalue weighted by atomic mass is 10.1. The average molecular weight is 519 g/mol. The monoisotopic (exact) mass is 518 g/mol. The SMILES string of the molecule is O=C(CCCCCCC(=O)Nc1ccccc1)NOC(=O)Nc1ncn(C2CC(O)C(CO)O2)c(=O)n1. The standard InChI is InChI=1S/C23H30N6O8/c30-13-17-16(31)12-20(36-17)29-14-24-21(26-22(29)34)27-23(35)37-28-19(33)11-7-2-1-6-10-18(32)25-15-8-4-3-5-9-15/h3-5,8-9,14,16-17,20,30-31H,1-2,6-7,10-13H2,(H,25,32)(H,28,33)(H,26,27,34,35). The van der Waals surface area contributed by atoms with E-state index in [2.05, 4.69) is 25.4 Å². The number of para-hydroxylation sites is 1. The molecule has 1 fully saturated rings. The molecule has 1 aliphatic heterocycles. The van der Waals surface area contributed by atoms with Gasteiger partial charge in [0, 0.05) is 24.9 Å². The van der Waals surface area contributed by atoms with Gasteiger partial charge in [0.05, 0.1) is 12.7 Å². The second kappa shape index (κ2) is 14.0. The van der Waals surface area contributed by atoms with Gasteiger partial charge >= 0.3 is 11.8 Å². The zero-order valence-electron chi connectivity index (χ0n) is 20.0. The highest BCUT2D eigenvalue weighted by atomic mass is 16.7. The fourth-order valence-corrected chi connectivity index (χ4v) is 3.59. The molecule has 5 N–H and O–H groups in total. The van der Waals surface area contributed by atoms with Gasteiger partial charge in [-0.3, -0.25) is 19.5 Å². The van der Waals surface area contributed by atoms with E-state index in [1.807, 2.05) is 35.8 Å². The van der Waals surface area contributed by atoms with Gasteiger partial charge in [-0.05, 0) is 25.0 Å². The van der Waals surface area contributed by atoms with Gasteiger partial charge in [-0.2, -0.15) is 10.5 Å². The first kappa shape index (κ1) is 27.7. The molecule has 37 heavy (non-hydrogen) atoms. The molecule has 0 aliphatic carbocycles. The van der Waals surface area contributed by atoms with Crippen LogP contribution >= 0.6 is 0 Å². The smallest absolute Gasteiger partial charge is 0.394 e. The molecule has 0 radical (unpaired) electrons. The number of aromatic nitrogens is 3. The molecule has 2 heterocycles. The van der Waals surface area contributed by atoms with E-state index in [4.69, 9.17) is 9.84 Å². The molecular formula is C23H30N6O8. The number of hydrogen-bond donors (Lipinski definition) is 5. The molecule has 1 aliphatic rings. The van der Waals surface area contributed by atoms with Gasteiger partial charge in [-0.1, -0.05) is 31.0 Å². The molecule has 1 aromatic heterocycles. The Bertz CT molecular complexity index is 1110. The molecule has 0 spiro atoms. The van der Waals surface area contributed by atoms with Crippen molar-refractivity contribution >= 4 is 29.5 Å². The molecular weight excluding hydrogens is 488 g/mol. The van der Waals surface area contributed by atoms with Crippen LogP contribution in [-0.4, -0.2) is 61.5 Å². The molecule has 200 valence electrons. The van der Waals surface area contributed by atoms with Crippen molar-refractivity contribution in [2.45, 2.75) is 63.4 Å². The number of amides is 3. The summed E-state index contributed by atoms with van der Waals surface area (Å²) in [5.74, 6) is -0.927. The van der Waals surface area contributed by atoms with Crippen molar-refractivity contribution in [3.05, 3.63) is 47.1 Å². The van der Waals surface area contributed by atoms with Crippen LogP contribution in [0.25, 0.3) is 0 Å². The number of carbonyl (C=O) groups is 3. The van der Waals surface area contributed by atoms with Crippen molar-refractivity contribution < 1.29 is 34.2 Å². The summed E-state index contributed by atoms with van der Waals surface area (Å²) in [6, 6.07) is 9.18. The predicted molar refractivity (Wildman–Crippen MR) is 129 cm³/mol. The second-order valence-corrected chi connectivity index (χ2v) is 8.35. The van der Waals surface area contributed by atoms with Crippen LogP contribution in [0.3, 0.4) is 0 Å². The van der Waals surface area contributed by atoms with E-state index >= 15 is 0 Å². The van der Waals surface area contributed by atoms with Crippen molar-refractivity contribution in [1.29, 1.82) is 0 Å². The van der Waals surface area contributed by atoms with Gasteiger partial charge in [0.1, 0.15) is 18.7 Å². The Morgan fingerprint density at radius 1 is 1.05 bits per heavy atom. The van der Waals surface area contributed by atoms with Gasteiger partial charge in [0.15, 0.2) is 0 Å². The summed E-state index contributed by atoms with van der Waals surface area (Å²) in [7, 11) is 0. The van der Waals surface area contributed by atoms with Crippen LogP contribution in [0.5, 0.6) is 0 Å². The summed E-state index contributed by atoms with van der Waals surface area (Å²) >= 11 is 0. The van der Waals surface area contributed by atoms with Gasteiger partial charge < -0.3 is 25.1 Å². The van der Waals surface area contributed by atoms with E-state index < -0.39 is 42.7 Å². The van der Waals surface area contributed by atoms with E-state index in [-0.39, 0.29) is 24.7 Å². The third-order valence-corrected chi connectivity index (χ3v) is 5.51. The highest BCUT2D eigenvalue weighted by Gasteiger charge is 2.35. The third-order valence-electron chi connectivity index (χ3n) is 5.51. The number of carbonyl (C=O) groups excluding carboxylic acids is 3. The number of aliphatic hydroxyl groups is 2. The van der Waals surface area contributed by atoms with Crippen LogP contribution in [0, 0.1) is 0 Å². The Hall–Kier alpha value is -3.88. The van der Waals surface area contributed by atoms with E-state index in [1.54, 1.807) is 0 Å². The molecule has 3 amide bonds. The number of ether oxygens (including phenoxy) is 1. The lowest BCUT2D eigenvalue weighted by Crippen LogP contribution is -2.32. The summed E-state index contributed by atoms with van der Waals surface area (Å²) in [6.45, 7) is -0.404. The summed E-state index contributed by atoms with van der Waals surface area (Å²) in [4.78, 5) is 59.8. The van der Waals surface area contributed by atoms with E-state index in [9.17, 15) is 24.3 Å². The second-order valence-electron chi connectivity index (χ2n) is 8.35. The number of rotatable bonds is 11. The van der Waals surface area contributed by atoms with Crippen molar-refractivity contribution in [2.24, 2.45) is 0 Å². The first-order chi connectivity index (χ1) is 17.9. The van der Waals surface area contributed by atoms with Crippen molar-refractivity contribution in [3.8, 4) is 0 Å². The van der Waals surface area contributed by atoms with Crippen molar-refractivity contribution in [1.82, 2.24) is 20.0 Å². The number of hydrogen-bond acceptors (Lipinski definition) is 10. The van der Waals surface area contributed by atoms with Gasteiger partial charge in [0.25, 0.3) is 5.91 Å². The van der Waals surface area contributed by atoms with Crippen molar-refractivity contribution in [2.75, 3.05) is 17.2 Å². The van der Waals surface area contributed by atoms with Crippen LogP contribution in [0.15, 0.2) is 41.5 Å². The first-order valence-electron chi connectivity index (χ1n) is 11.9. The maximum absolute atomic E-state index is 12.2. The Kier molecular flexibility index (Phi) is 10.5. The van der Waals surface area contributed by atoms with Crippen LogP contribution in [0.2, 0.25) is 0 Å². The minimum absolute atomic E-state index is 0.0642. The van der Waals surface area contributed by atoms with E-state index in [0.717, 1.165) is 29.4 Å². The average Bonchev–Trinajstić information content (AvgIpc) is 3.25. The zero-order valence-corrected chi connectivity index (χ0v) is 20.0. The number of aliphatic hydroxyl groups excluding tert-OH is 2. The fourth-order valence-electron chi connectivity index (χ4n) is 3.59. The number of benzene rings is 1. The Labute approximate surface area is 212 Å². The number of unbranched alkanes of at least 4 members (excludes halogenated alkanes) is 3. The Morgan fingerprint density at radius 2 is 1.76 bits per heavy atom. The lowest BCUT2D eigenvalue weighted by molar-refractivity contribution is -0.129. The lowest BCUT2D eigenvalue weighted by Gasteiger charge is -2.14. The molecule has 14 heteroatoms. The molecule has 3 atom stereocenters. The largest absolute Gasteiger partial charge is 0.438 e. The van der Waals surface area contributed by atoms with Gasteiger partial charge in [0.2, 0.25) is 11.9 Å². The van der Waals surface area contributed by atoms with E-state index in [1.165, 1.54) is 0 Å². The minimum Gasteiger partial charge on any atom is -0.394 e. The molecule has 3 rings (SSSR count). The number of nitrogens with one attached hydrogen (secondary N) is 3. The normalized spacial score (nSPS) is 18.7.